The summed E-state index contributed by atoms with van der Waals surface area (Å²) in [5.41, 5.74) is 0. The van der Waals surface area contributed by atoms with Gasteiger partial charge in [0.15, 0.2) is 9.84 Å². The molecule has 0 bridgehead atoms. The molecule has 0 aromatic rings. The third-order valence-corrected chi connectivity index (χ3v) is 5.09. The summed E-state index contributed by atoms with van der Waals surface area (Å²) in [6.45, 7) is 7.63. The number of hydrogen-bond acceptors (Lipinski definition) is 3. The molecule has 0 saturated heterocycles. The highest BCUT2D eigenvalue weighted by Crippen LogP contribution is 2.12. The van der Waals surface area contributed by atoms with Crippen LogP contribution < -0.4 is 5.32 Å². The Hall–Kier alpha value is -0.0900. The number of rotatable bonds is 6. The van der Waals surface area contributed by atoms with Crippen LogP contribution in [0.25, 0.3) is 0 Å². The first kappa shape index (κ1) is 13.9. The third-order valence-electron chi connectivity index (χ3n) is 2.83. The molecule has 0 aliphatic carbocycles. The van der Waals surface area contributed by atoms with Gasteiger partial charge in [-0.05, 0) is 26.8 Å². The van der Waals surface area contributed by atoms with Crippen molar-refractivity contribution in [1.29, 1.82) is 0 Å². The van der Waals surface area contributed by atoms with Crippen molar-refractivity contribution in [2.45, 2.75) is 45.4 Å². The van der Waals surface area contributed by atoms with Crippen LogP contribution in [0.1, 0.15) is 34.1 Å². The Morgan fingerprint density at radius 3 is 2.00 bits per heavy atom. The van der Waals surface area contributed by atoms with E-state index in [0.717, 1.165) is 6.42 Å². The highest BCUT2D eigenvalue weighted by molar-refractivity contribution is 7.92. The van der Waals surface area contributed by atoms with Crippen molar-refractivity contribution in [2.75, 3.05) is 12.8 Å². The molecule has 0 heterocycles. The van der Waals surface area contributed by atoms with E-state index < -0.39 is 9.84 Å². The van der Waals surface area contributed by atoms with Crippen molar-refractivity contribution >= 4 is 9.84 Å². The third kappa shape index (κ3) is 3.96. The second kappa shape index (κ2) is 5.71. The summed E-state index contributed by atoms with van der Waals surface area (Å²) >= 11 is 0. The van der Waals surface area contributed by atoms with E-state index in [0.29, 0.717) is 5.92 Å². The van der Waals surface area contributed by atoms with Gasteiger partial charge < -0.3 is 5.32 Å². The molecule has 0 fully saturated rings. The maximum Gasteiger partial charge on any atom is 0.154 e. The molecule has 0 radical (unpaired) electrons. The fourth-order valence-electron chi connectivity index (χ4n) is 1.26. The van der Waals surface area contributed by atoms with E-state index in [-0.39, 0.29) is 17.0 Å². The Kier molecular flexibility index (Phi) is 5.67. The number of sulfone groups is 1. The van der Waals surface area contributed by atoms with E-state index in [4.69, 9.17) is 0 Å². The molecule has 0 aromatic carbocycles. The van der Waals surface area contributed by atoms with Gasteiger partial charge in [-0.1, -0.05) is 20.3 Å². The molecule has 0 aliphatic heterocycles. The largest absolute Gasteiger partial charge is 0.316 e. The molecule has 4 heteroatoms. The lowest BCUT2D eigenvalue weighted by molar-refractivity contribution is 0.413. The Balaban J connectivity index is 4.47. The van der Waals surface area contributed by atoms with E-state index in [1.165, 1.54) is 0 Å². The average Bonchev–Trinajstić information content (AvgIpc) is 2.12. The van der Waals surface area contributed by atoms with Gasteiger partial charge in [0, 0.05) is 6.04 Å². The molecule has 1 N–H and O–H groups in total. The molecule has 2 unspecified atom stereocenters. The van der Waals surface area contributed by atoms with Crippen LogP contribution in [-0.2, 0) is 9.84 Å². The lowest BCUT2D eigenvalue weighted by atomic mass is 10.0. The Labute approximate surface area is 88.2 Å². The second-order valence-corrected chi connectivity index (χ2v) is 6.76. The molecule has 86 valence electrons. The maximum atomic E-state index is 11.7. The lowest BCUT2D eigenvalue weighted by Gasteiger charge is -2.23. The van der Waals surface area contributed by atoms with Crippen molar-refractivity contribution in [2.24, 2.45) is 5.92 Å². The average molecular weight is 221 g/mol. The molecule has 0 amide bonds. The fourth-order valence-corrected chi connectivity index (χ4v) is 2.64. The van der Waals surface area contributed by atoms with Gasteiger partial charge in [-0.15, -0.1) is 0 Å². The summed E-state index contributed by atoms with van der Waals surface area (Å²) in [5, 5.41) is 2.81. The van der Waals surface area contributed by atoms with E-state index in [9.17, 15) is 8.42 Å². The topological polar surface area (TPSA) is 46.2 Å². The normalized spacial score (nSPS) is 17.0. The van der Waals surface area contributed by atoms with Crippen LogP contribution in [0.15, 0.2) is 0 Å². The maximum absolute atomic E-state index is 11.7. The summed E-state index contributed by atoms with van der Waals surface area (Å²) in [6, 6.07) is 0.0763. The van der Waals surface area contributed by atoms with Gasteiger partial charge in [-0.25, -0.2) is 8.42 Å². The van der Waals surface area contributed by atoms with Gasteiger partial charge >= 0.3 is 0 Å². The van der Waals surface area contributed by atoms with Gasteiger partial charge in [-0.2, -0.15) is 0 Å². The molecular weight excluding hydrogens is 198 g/mol. The van der Waals surface area contributed by atoms with Crippen LogP contribution in [0, 0.1) is 5.92 Å². The molecule has 0 aliphatic rings. The lowest BCUT2D eigenvalue weighted by Crippen LogP contribution is -2.40. The van der Waals surface area contributed by atoms with E-state index in [1.54, 1.807) is 13.8 Å². The number of hydrogen-bond donors (Lipinski definition) is 1. The summed E-state index contributed by atoms with van der Waals surface area (Å²) < 4.78 is 23.4. The zero-order chi connectivity index (χ0) is 11.4. The second-order valence-electron chi connectivity index (χ2n) is 4.16. The highest BCUT2D eigenvalue weighted by atomic mass is 32.2. The molecule has 14 heavy (non-hydrogen) atoms. The van der Waals surface area contributed by atoms with Crippen LogP contribution in [0.2, 0.25) is 0 Å². The molecule has 0 aromatic heterocycles. The van der Waals surface area contributed by atoms with Crippen molar-refractivity contribution in [3.8, 4) is 0 Å². The van der Waals surface area contributed by atoms with Crippen molar-refractivity contribution in [1.82, 2.24) is 5.32 Å². The number of nitrogens with one attached hydrogen (secondary N) is 1. The zero-order valence-electron chi connectivity index (χ0n) is 9.87. The summed E-state index contributed by atoms with van der Waals surface area (Å²) in [5.74, 6) is 0.643. The van der Waals surface area contributed by atoms with Crippen molar-refractivity contribution in [3.05, 3.63) is 0 Å². The smallest absolute Gasteiger partial charge is 0.154 e. The Bertz CT molecular complexity index is 247. The summed E-state index contributed by atoms with van der Waals surface area (Å²) in [6.07, 6.45) is 0.999. The minimum absolute atomic E-state index is 0.0763. The Morgan fingerprint density at radius 1 is 1.21 bits per heavy atom. The molecule has 0 spiro atoms. The van der Waals surface area contributed by atoms with Gasteiger partial charge in [0.2, 0.25) is 0 Å². The fraction of sp³-hybridized carbons (Fsp3) is 1.00. The van der Waals surface area contributed by atoms with Crippen molar-refractivity contribution in [3.63, 3.8) is 0 Å². The quantitative estimate of drug-likeness (QED) is 0.738. The first-order valence-corrected chi connectivity index (χ1v) is 6.95. The van der Waals surface area contributed by atoms with Gasteiger partial charge in [0.05, 0.1) is 11.0 Å². The first-order valence-electron chi connectivity index (χ1n) is 5.24. The monoisotopic (exact) mass is 221 g/mol. The van der Waals surface area contributed by atoms with E-state index in [1.807, 2.05) is 7.05 Å². The van der Waals surface area contributed by atoms with Gasteiger partial charge in [0.1, 0.15) is 0 Å². The van der Waals surface area contributed by atoms with Crippen LogP contribution in [0.4, 0.5) is 0 Å². The summed E-state index contributed by atoms with van der Waals surface area (Å²) in [7, 11) is -1.10. The molecule has 2 atom stereocenters. The molecule has 3 nitrogen and oxygen atoms in total. The highest BCUT2D eigenvalue weighted by Gasteiger charge is 2.24. The molecule has 0 rings (SSSR count). The zero-order valence-corrected chi connectivity index (χ0v) is 10.7. The van der Waals surface area contributed by atoms with Gasteiger partial charge in [-0.3, -0.25) is 0 Å². The standard InChI is InChI=1S/C10H23NO2S/c1-6-9(4)10(11-5)7-14(12,13)8(2)3/h8-11H,6-7H2,1-5H3. The molecular formula is C10H23NO2S. The predicted molar refractivity (Wildman–Crippen MR) is 61.2 cm³/mol. The van der Waals surface area contributed by atoms with Crippen molar-refractivity contribution < 1.29 is 8.42 Å². The van der Waals surface area contributed by atoms with Gasteiger partial charge in [0.25, 0.3) is 0 Å². The molecule has 0 saturated carbocycles. The SMILES string of the molecule is CCC(C)C(CS(=O)(=O)C(C)C)NC. The minimum atomic E-state index is -2.93. The first-order chi connectivity index (χ1) is 6.35. The van der Waals surface area contributed by atoms with Crippen LogP contribution in [0.3, 0.4) is 0 Å². The minimum Gasteiger partial charge on any atom is -0.316 e. The summed E-state index contributed by atoms with van der Waals surface area (Å²) in [4.78, 5) is 0. The van der Waals surface area contributed by atoms with E-state index >= 15 is 0 Å². The van der Waals surface area contributed by atoms with Crippen LogP contribution >= 0.6 is 0 Å². The van der Waals surface area contributed by atoms with E-state index in [2.05, 4.69) is 19.2 Å². The Morgan fingerprint density at radius 2 is 1.71 bits per heavy atom. The van der Waals surface area contributed by atoms with Crippen LogP contribution in [-0.4, -0.2) is 32.5 Å². The van der Waals surface area contributed by atoms with Crippen LogP contribution in [0.5, 0.6) is 0 Å². The predicted octanol–water partition coefficient (Wildman–Crippen LogP) is 1.44.